The Bertz CT molecular complexity index is 2020. The van der Waals surface area contributed by atoms with Crippen molar-refractivity contribution in [3.8, 4) is 28.0 Å². The standard InChI is InChI=1S/C33H33FN6O6/c1-17-20(19-14-24(34)23(27(15-19)46-5)16-35-26-12-13-28(41)37-30(26)42)8-6-9-21(17)22-10-7-11-25(18(22)2)36-31(43)29-32(44)39(3)33(45)40(4)38-29/h6-11,14-15,26,35H,12-13,16H2,1-5H3,(H,36,43)(H,37,41,42)/t26-/m1/s1. The monoisotopic (exact) mass is 628 g/mol. The van der Waals surface area contributed by atoms with Crippen LogP contribution in [0.3, 0.4) is 0 Å². The highest BCUT2D eigenvalue weighted by Gasteiger charge is 2.27. The van der Waals surface area contributed by atoms with Gasteiger partial charge in [0.05, 0.1) is 13.2 Å². The van der Waals surface area contributed by atoms with Gasteiger partial charge in [-0.15, -0.1) is 0 Å². The lowest BCUT2D eigenvalue weighted by molar-refractivity contribution is -0.134. The number of nitrogens with one attached hydrogen (secondary N) is 3. The largest absolute Gasteiger partial charge is 0.496 e. The third-order valence-electron chi connectivity index (χ3n) is 8.19. The number of hydrogen-bond acceptors (Lipinski definition) is 8. The van der Waals surface area contributed by atoms with E-state index in [2.05, 4.69) is 21.0 Å². The zero-order chi connectivity index (χ0) is 33.3. The van der Waals surface area contributed by atoms with Crippen molar-refractivity contribution in [1.29, 1.82) is 0 Å². The van der Waals surface area contributed by atoms with E-state index < -0.39 is 40.6 Å². The number of ether oxygens (including phenoxy) is 1. The van der Waals surface area contributed by atoms with E-state index in [1.165, 1.54) is 27.3 Å². The maximum absolute atomic E-state index is 15.6. The fourth-order valence-corrected chi connectivity index (χ4v) is 5.56. The Morgan fingerprint density at radius 2 is 1.70 bits per heavy atom. The van der Waals surface area contributed by atoms with Crippen molar-refractivity contribution < 1.29 is 23.5 Å². The molecule has 1 atom stereocenters. The highest BCUT2D eigenvalue weighted by atomic mass is 19.1. The number of aryl methyl sites for hydroxylation is 1. The Labute approximate surface area is 263 Å². The summed E-state index contributed by atoms with van der Waals surface area (Å²) in [6.07, 6.45) is 0.532. The molecule has 3 N–H and O–H groups in total. The fraction of sp³-hybridized carbons (Fsp3) is 0.273. The molecule has 238 valence electrons. The Kier molecular flexibility index (Phi) is 8.96. The molecule has 5 rings (SSSR count). The summed E-state index contributed by atoms with van der Waals surface area (Å²) >= 11 is 0. The number of anilines is 1. The molecular weight excluding hydrogens is 595 g/mol. The number of carbonyl (C=O) groups is 3. The van der Waals surface area contributed by atoms with Crippen LogP contribution in [0.2, 0.25) is 0 Å². The summed E-state index contributed by atoms with van der Waals surface area (Å²) in [7, 11) is 4.08. The predicted molar refractivity (Wildman–Crippen MR) is 169 cm³/mol. The quantitative estimate of drug-likeness (QED) is 0.252. The smallest absolute Gasteiger partial charge is 0.346 e. The van der Waals surface area contributed by atoms with Crippen molar-refractivity contribution in [2.75, 3.05) is 12.4 Å². The molecule has 0 aliphatic carbocycles. The van der Waals surface area contributed by atoms with Gasteiger partial charge >= 0.3 is 5.69 Å². The molecule has 0 spiro atoms. The molecule has 0 unspecified atom stereocenters. The van der Waals surface area contributed by atoms with Crippen LogP contribution in [0.4, 0.5) is 10.1 Å². The summed E-state index contributed by atoms with van der Waals surface area (Å²) in [5.41, 5.74) is 3.38. The predicted octanol–water partition coefficient (Wildman–Crippen LogP) is 2.72. The van der Waals surface area contributed by atoms with Crippen LogP contribution >= 0.6 is 0 Å². The molecule has 3 aromatic carbocycles. The van der Waals surface area contributed by atoms with E-state index in [1.807, 2.05) is 38.1 Å². The molecule has 1 aliphatic rings. The SMILES string of the molecule is COc1cc(-c2cccc(-c3cccc(NC(=O)c4nn(C)c(=O)n(C)c4=O)c3C)c2C)cc(F)c1CN[C@@H]1CCC(=O)NC1=O. The Balaban J connectivity index is 1.44. The van der Waals surface area contributed by atoms with Crippen LogP contribution in [0.1, 0.15) is 40.0 Å². The van der Waals surface area contributed by atoms with Gasteiger partial charge < -0.3 is 15.4 Å². The number of amides is 3. The summed E-state index contributed by atoms with van der Waals surface area (Å²) < 4.78 is 22.9. The van der Waals surface area contributed by atoms with Crippen LogP contribution in [0.5, 0.6) is 5.75 Å². The molecule has 12 nitrogen and oxygen atoms in total. The van der Waals surface area contributed by atoms with Crippen LogP contribution < -0.4 is 31.9 Å². The van der Waals surface area contributed by atoms with E-state index in [0.29, 0.717) is 23.4 Å². The molecule has 2 heterocycles. The first-order chi connectivity index (χ1) is 21.9. The number of piperidine rings is 1. The normalized spacial score (nSPS) is 14.6. The second kappa shape index (κ2) is 12.9. The van der Waals surface area contributed by atoms with E-state index in [-0.39, 0.29) is 24.4 Å². The van der Waals surface area contributed by atoms with Crippen molar-refractivity contribution in [2.24, 2.45) is 14.1 Å². The lowest BCUT2D eigenvalue weighted by Crippen LogP contribution is -2.50. The van der Waals surface area contributed by atoms with Crippen LogP contribution in [0.25, 0.3) is 22.3 Å². The van der Waals surface area contributed by atoms with Crippen molar-refractivity contribution in [2.45, 2.75) is 39.3 Å². The molecular formula is C33H33FN6O6. The molecule has 13 heteroatoms. The number of carbonyl (C=O) groups excluding carboxylic acids is 3. The topological polar surface area (TPSA) is 153 Å². The highest BCUT2D eigenvalue weighted by Crippen LogP contribution is 2.37. The maximum atomic E-state index is 15.6. The van der Waals surface area contributed by atoms with Crippen LogP contribution in [0.15, 0.2) is 58.1 Å². The average molecular weight is 629 g/mol. The van der Waals surface area contributed by atoms with E-state index >= 15 is 4.39 Å². The number of benzene rings is 3. The van der Waals surface area contributed by atoms with Crippen LogP contribution in [0, 0.1) is 19.7 Å². The molecule has 4 aromatic rings. The van der Waals surface area contributed by atoms with Crippen molar-refractivity contribution in [1.82, 2.24) is 25.0 Å². The molecule has 1 aromatic heterocycles. The number of aromatic nitrogens is 3. The van der Waals surface area contributed by atoms with Gasteiger partial charge in [-0.1, -0.05) is 30.3 Å². The zero-order valence-corrected chi connectivity index (χ0v) is 26.0. The van der Waals surface area contributed by atoms with Gasteiger partial charge in [0.1, 0.15) is 11.6 Å². The molecule has 0 saturated carbocycles. The zero-order valence-electron chi connectivity index (χ0n) is 26.0. The van der Waals surface area contributed by atoms with Crippen LogP contribution in [-0.4, -0.2) is 45.2 Å². The first kappa shape index (κ1) is 32.0. The van der Waals surface area contributed by atoms with Gasteiger partial charge in [0.25, 0.3) is 11.5 Å². The summed E-state index contributed by atoms with van der Waals surface area (Å²) in [5, 5.41) is 11.9. The second-order valence-corrected chi connectivity index (χ2v) is 11.1. The highest BCUT2D eigenvalue weighted by molar-refractivity contribution is 6.03. The number of methoxy groups -OCH3 is 1. The first-order valence-electron chi connectivity index (χ1n) is 14.5. The van der Waals surface area contributed by atoms with Gasteiger partial charge in [-0.25, -0.2) is 13.9 Å². The van der Waals surface area contributed by atoms with Gasteiger partial charge in [0.2, 0.25) is 17.5 Å². The third kappa shape index (κ3) is 6.09. The minimum atomic E-state index is -0.807. The van der Waals surface area contributed by atoms with Crippen molar-refractivity contribution in [3.63, 3.8) is 0 Å². The molecule has 1 fully saturated rings. The Hall–Kier alpha value is -5.43. The van der Waals surface area contributed by atoms with E-state index in [4.69, 9.17) is 4.74 Å². The van der Waals surface area contributed by atoms with Gasteiger partial charge in [-0.3, -0.25) is 29.1 Å². The van der Waals surface area contributed by atoms with Gasteiger partial charge in [0.15, 0.2) is 0 Å². The molecule has 1 saturated heterocycles. The number of rotatable bonds is 8. The first-order valence-corrected chi connectivity index (χ1v) is 14.5. The Morgan fingerprint density at radius 3 is 2.39 bits per heavy atom. The molecule has 0 bridgehead atoms. The molecule has 0 radical (unpaired) electrons. The average Bonchev–Trinajstić information content (AvgIpc) is 3.02. The van der Waals surface area contributed by atoms with Crippen molar-refractivity contribution >= 4 is 23.4 Å². The van der Waals surface area contributed by atoms with Gasteiger partial charge in [-0.05, 0) is 71.8 Å². The second-order valence-electron chi connectivity index (χ2n) is 11.1. The summed E-state index contributed by atoms with van der Waals surface area (Å²) in [6.45, 7) is 3.77. The molecule has 1 aliphatic heterocycles. The Morgan fingerprint density at radius 1 is 1.02 bits per heavy atom. The van der Waals surface area contributed by atoms with Gasteiger partial charge in [-0.2, -0.15) is 5.10 Å². The fourth-order valence-electron chi connectivity index (χ4n) is 5.56. The lowest BCUT2D eigenvalue weighted by atomic mass is 9.90. The minimum Gasteiger partial charge on any atom is -0.496 e. The van der Waals surface area contributed by atoms with E-state index in [1.54, 1.807) is 18.2 Å². The molecule has 3 amide bonds. The maximum Gasteiger partial charge on any atom is 0.346 e. The molecule has 46 heavy (non-hydrogen) atoms. The number of imide groups is 1. The number of hydrogen-bond donors (Lipinski definition) is 3. The van der Waals surface area contributed by atoms with E-state index in [0.717, 1.165) is 37.1 Å². The minimum absolute atomic E-state index is 0.0270. The summed E-state index contributed by atoms with van der Waals surface area (Å²) in [5.74, 6) is -1.73. The van der Waals surface area contributed by atoms with E-state index in [9.17, 15) is 24.0 Å². The summed E-state index contributed by atoms with van der Waals surface area (Å²) in [6, 6.07) is 13.5. The number of halogens is 1. The van der Waals surface area contributed by atoms with Crippen molar-refractivity contribution in [3.05, 3.63) is 97.6 Å². The van der Waals surface area contributed by atoms with Crippen LogP contribution in [-0.2, 0) is 30.2 Å². The third-order valence-corrected chi connectivity index (χ3v) is 8.19. The summed E-state index contributed by atoms with van der Waals surface area (Å²) in [4.78, 5) is 61.2. The lowest BCUT2D eigenvalue weighted by Gasteiger charge is -2.23. The van der Waals surface area contributed by atoms with Gasteiger partial charge in [0, 0.05) is 38.3 Å². The number of nitrogens with zero attached hydrogens (tertiary/aromatic N) is 3.